The van der Waals surface area contributed by atoms with E-state index in [1.165, 1.54) is 19.3 Å². The third kappa shape index (κ3) is 3.25. The third-order valence-electron chi connectivity index (χ3n) is 3.01. The summed E-state index contributed by atoms with van der Waals surface area (Å²) in [5.74, 6) is -0.293. The molecule has 1 aliphatic rings. The second-order valence-corrected chi connectivity index (χ2v) is 4.58. The third-order valence-corrected chi connectivity index (χ3v) is 3.01. The number of para-hydroxylation sites is 1. The molecule has 0 aromatic heterocycles. The van der Waals surface area contributed by atoms with Gasteiger partial charge in [-0.05, 0) is 49.3 Å². The normalized spacial score (nSPS) is 14.2. The minimum absolute atomic E-state index is 0.0972. The number of oxime groups is 1. The first kappa shape index (κ1) is 14.7. The molecule has 0 aliphatic heterocycles. The Morgan fingerprint density at radius 1 is 1.10 bits per heavy atom. The molecule has 1 aromatic carbocycles. The highest BCUT2D eigenvalue weighted by molar-refractivity contribution is 6.22. The Bertz CT molecular complexity index is 659. The lowest BCUT2D eigenvalue weighted by Crippen LogP contribution is -2.13. The van der Waals surface area contributed by atoms with Crippen LogP contribution in [0.25, 0.3) is 0 Å². The molecule has 0 heterocycles. The number of methoxy groups -OCH3 is 1. The molecule has 0 fully saturated rings. The Hall–Kier alpha value is -2.69. The first-order valence-corrected chi connectivity index (χ1v) is 6.36. The molecule has 0 atom stereocenters. The van der Waals surface area contributed by atoms with Crippen molar-refractivity contribution in [2.75, 3.05) is 7.11 Å². The summed E-state index contributed by atoms with van der Waals surface area (Å²) < 4.78 is 5.10. The minimum Gasteiger partial charge on any atom is -0.496 e. The van der Waals surface area contributed by atoms with Gasteiger partial charge < -0.3 is 9.57 Å². The van der Waals surface area contributed by atoms with E-state index in [4.69, 9.17) is 9.57 Å². The highest BCUT2D eigenvalue weighted by atomic mass is 16.7. The highest BCUT2D eigenvalue weighted by Gasteiger charge is 2.17. The highest BCUT2D eigenvalue weighted by Crippen LogP contribution is 2.19. The van der Waals surface area contributed by atoms with E-state index in [9.17, 15) is 9.59 Å². The molecule has 2 rings (SSSR count). The Labute approximate surface area is 122 Å². The van der Waals surface area contributed by atoms with Gasteiger partial charge in [-0.1, -0.05) is 17.3 Å². The molecule has 1 aromatic rings. The molecule has 0 spiro atoms. The SMILES string of the molecule is COc1ccccc1C(=O)ON=C1C(C)=CC(=O)C=C1C. The Kier molecular flexibility index (Phi) is 4.33. The molecule has 0 saturated heterocycles. The Morgan fingerprint density at radius 3 is 2.33 bits per heavy atom. The van der Waals surface area contributed by atoms with Crippen molar-refractivity contribution in [3.63, 3.8) is 0 Å². The van der Waals surface area contributed by atoms with Crippen LogP contribution in [0.1, 0.15) is 24.2 Å². The van der Waals surface area contributed by atoms with Gasteiger partial charge in [0.2, 0.25) is 0 Å². The summed E-state index contributed by atoms with van der Waals surface area (Å²) >= 11 is 0. The van der Waals surface area contributed by atoms with E-state index in [-0.39, 0.29) is 5.78 Å². The van der Waals surface area contributed by atoms with E-state index in [1.807, 2.05) is 0 Å². The lowest BCUT2D eigenvalue weighted by Gasteiger charge is -2.11. The summed E-state index contributed by atoms with van der Waals surface area (Å²) in [5, 5.41) is 3.85. The maximum atomic E-state index is 12.0. The van der Waals surface area contributed by atoms with E-state index in [2.05, 4.69) is 5.16 Å². The van der Waals surface area contributed by atoms with E-state index < -0.39 is 5.97 Å². The summed E-state index contributed by atoms with van der Waals surface area (Å²) in [4.78, 5) is 28.3. The average molecular weight is 285 g/mol. The van der Waals surface area contributed by atoms with Gasteiger partial charge in [0.15, 0.2) is 5.78 Å². The molecule has 108 valence electrons. The van der Waals surface area contributed by atoms with Crippen LogP contribution in [-0.2, 0) is 9.63 Å². The van der Waals surface area contributed by atoms with Crippen LogP contribution in [0.3, 0.4) is 0 Å². The van der Waals surface area contributed by atoms with Crippen molar-refractivity contribution >= 4 is 17.5 Å². The predicted molar refractivity (Wildman–Crippen MR) is 78.4 cm³/mol. The Balaban J connectivity index is 2.21. The van der Waals surface area contributed by atoms with Crippen LogP contribution in [0.4, 0.5) is 0 Å². The molecule has 0 saturated carbocycles. The summed E-state index contributed by atoms with van der Waals surface area (Å²) in [6.07, 6.45) is 2.89. The molecule has 21 heavy (non-hydrogen) atoms. The lowest BCUT2D eigenvalue weighted by molar-refractivity contribution is -0.110. The van der Waals surface area contributed by atoms with Crippen LogP contribution in [0.5, 0.6) is 5.75 Å². The van der Waals surface area contributed by atoms with Crippen LogP contribution < -0.4 is 4.74 Å². The number of ketones is 1. The van der Waals surface area contributed by atoms with E-state index >= 15 is 0 Å². The largest absolute Gasteiger partial charge is 0.496 e. The second kappa shape index (κ2) is 6.17. The van der Waals surface area contributed by atoms with Crippen molar-refractivity contribution in [3.8, 4) is 5.75 Å². The van der Waals surface area contributed by atoms with Crippen molar-refractivity contribution in [2.24, 2.45) is 5.16 Å². The fraction of sp³-hybridized carbons (Fsp3) is 0.188. The van der Waals surface area contributed by atoms with Crippen molar-refractivity contribution in [3.05, 3.63) is 53.1 Å². The standard InChI is InChI=1S/C16H15NO4/c1-10-8-12(18)9-11(2)15(10)17-21-16(19)13-6-4-5-7-14(13)20-3/h4-9H,1-3H3. The average Bonchev–Trinajstić information content (AvgIpc) is 2.45. The minimum atomic E-state index is -0.613. The van der Waals surface area contributed by atoms with Gasteiger partial charge in [-0.3, -0.25) is 4.79 Å². The van der Waals surface area contributed by atoms with Crippen molar-refractivity contribution in [2.45, 2.75) is 13.8 Å². The molecule has 0 bridgehead atoms. The van der Waals surface area contributed by atoms with Gasteiger partial charge in [0.05, 0.1) is 7.11 Å². The first-order chi connectivity index (χ1) is 10.0. The smallest absolute Gasteiger partial charge is 0.369 e. The van der Waals surface area contributed by atoms with Crippen molar-refractivity contribution in [1.82, 2.24) is 0 Å². The predicted octanol–water partition coefficient (Wildman–Crippen LogP) is 2.68. The second-order valence-electron chi connectivity index (χ2n) is 4.58. The van der Waals surface area contributed by atoms with Gasteiger partial charge in [0.1, 0.15) is 17.0 Å². The van der Waals surface area contributed by atoms with Crippen LogP contribution in [-0.4, -0.2) is 24.6 Å². The molecule has 1 aliphatic carbocycles. The summed E-state index contributed by atoms with van der Waals surface area (Å²) in [6.45, 7) is 3.48. The zero-order chi connectivity index (χ0) is 15.4. The van der Waals surface area contributed by atoms with Gasteiger partial charge in [0, 0.05) is 0 Å². The number of benzene rings is 1. The van der Waals surface area contributed by atoms with Gasteiger partial charge in [0.25, 0.3) is 0 Å². The molecule has 0 amide bonds. The maximum Gasteiger partial charge on any atom is 0.369 e. The van der Waals surface area contributed by atoms with Crippen LogP contribution in [0, 0.1) is 0 Å². The summed E-state index contributed by atoms with van der Waals surface area (Å²) in [6, 6.07) is 6.73. The number of rotatable bonds is 3. The van der Waals surface area contributed by atoms with Crippen LogP contribution >= 0.6 is 0 Å². The molecular weight excluding hydrogens is 270 g/mol. The fourth-order valence-corrected chi connectivity index (χ4v) is 2.01. The van der Waals surface area contributed by atoms with Crippen LogP contribution in [0.2, 0.25) is 0 Å². The molecule has 0 radical (unpaired) electrons. The maximum absolute atomic E-state index is 12.0. The van der Waals surface area contributed by atoms with E-state index in [0.717, 1.165) is 0 Å². The molecule has 0 unspecified atom stereocenters. The number of carbonyl (C=O) groups excluding carboxylic acids is 2. The zero-order valence-electron chi connectivity index (χ0n) is 12.0. The summed E-state index contributed by atoms with van der Waals surface area (Å²) in [7, 11) is 1.48. The quantitative estimate of drug-likeness (QED) is 0.486. The Morgan fingerprint density at radius 2 is 1.71 bits per heavy atom. The van der Waals surface area contributed by atoms with E-state index in [0.29, 0.717) is 28.2 Å². The topological polar surface area (TPSA) is 65.0 Å². The fourth-order valence-electron chi connectivity index (χ4n) is 2.01. The number of ether oxygens (including phenoxy) is 1. The monoisotopic (exact) mass is 285 g/mol. The van der Waals surface area contributed by atoms with Gasteiger partial charge >= 0.3 is 5.97 Å². The van der Waals surface area contributed by atoms with Crippen molar-refractivity contribution in [1.29, 1.82) is 0 Å². The van der Waals surface area contributed by atoms with Crippen LogP contribution in [0.15, 0.2) is 52.7 Å². The number of nitrogens with zero attached hydrogens (tertiary/aromatic N) is 1. The molecule has 0 N–H and O–H groups in total. The number of carbonyl (C=O) groups is 2. The number of allylic oxidation sites excluding steroid dienone is 4. The molecular formula is C16H15NO4. The summed E-state index contributed by atoms with van der Waals surface area (Å²) in [5.41, 5.74) is 2.10. The van der Waals surface area contributed by atoms with Gasteiger partial charge in [-0.2, -0.15) is 0 Å². The molecule has 5 nitrogen and oxygen atoms in total. The van der Waals surface area contributed by atoms with Gasteiger partial charge in [-0.25, -0.2) is 4.79 Å². The number of hydrogen-bond donors (Lipinski definition) is 0. The molecule has 5 heteroatoms. The first-order valence-electron chi connectivity index (χ1n) is 6.36. The number of hydrogen-bond acceptors (Lipinski definition) is 5. The lowest BCUT2D eigenvalue weighted by atomic mass is 9.98. The van der Waals surface area contributed by atoms with Gasteiger partial charge in [-0.15, -0.1) is 0 Å². The van der Waals surface area contributed by atoms with Crippen molar-refractivity contribution < 1.29 is 19.2 Å². The van der Waals surface area contributed by atoms with E-state index in [1.54, 1.807) is 38.1 Å². The zero-order valence-corrected chi connectivity index (χ0v) is 12.0.